The molecule has 0 radical (unpaired) electrons. The fourth-order valence-corrected chi connectivity index (χ4v) is 4.95. The van der Waals surface area contributed by atoms with E-state index in [4.69, 9.17) is 9.47 Å². The summed E-state index contributed by atoms with van der Waals surface area (Å²) < 4.78 is 38.9. The standard InChI is InChI=1S/C22H26N2O4S/c25-29(26,20-9-10-21-22(18-20)28-17-5-16-27-21)24-14-12-23(13-15-24)11-4-8-19-6-2-1-3-7-19/h1-4,6-10,18H,5,11-17H2/b8-4+. The molecule has 2 aromatic carbocycles. The van der Waals surface area contributed by atoms with Gasteiger partial charge in [0.15, 0.2) is 11.5 Å². The van der Waals surface area contributed by atoms with Gasteiger partial charge in [-0.05, 0) is 17.7 Å². The summed E-state index contributed by atoms with van der Waals surface area (Å²) in [5, 5.41) is 0. The monoisotopic (exact) mass is 414 g/mol. The zero-order valence-corrected chi connectivity index (χ0v) is 17.2. The van der Waals surface area contributed by atoms with Crippen molar-refractivity contribution in [3.63, 3.8) is 0 Å². The summed E-state index contributed by atoms with van der Waals surface area (Å²) in [6.45, 7) is 4.32. The predicted molar refractivity (Wildman–Crippen MR) is 113 cm³/mol. The van der Waals surface area contributed by atoms with Gasteiger partial charge in [0.05, 0.1) is 18.1 Å². The molecule has 2 aliphatic heterocycles. The van der Waals surface area contributed by atoms with Gasteiger partial charge >= 0.3 is 0 Å². The Morgan fingerprint density at radius 2 is 1.62 bits per heavy atom. The largest absolute Gasteiger partial charge is 0.490 e. The second kappa shape index (κ2) is 8.98. The second-order valence-electron chi connectivity index (χ2n) is 7.18. The smallest absolute Gasteiger partial charge is 0.243 e. The molecule has 0 spiro atoms. The summed E-state index contributed by atoms with van der Waals surface area (Å²) >= 11 is 0. The highest BCUT2D eigenvalue weighted by Gasteiger charge is 2.29. The Hall–Kier alpha value is -2.35. The van der Waals surface area contributed by atoms with Crippen LogP contribution in [0.3, 0.4) is 0 Å². The first-order chi connectivity index (χ1) is 14.1. The Morgan fingerprint density at radius 3 is 2.38 bits per heavy atom. The van der Waals surface area contributed by atoms with Crippen molar-refractivity contribution >= 4 is 16.1 Å². The molecule has 1 saturated heterocycles. The van der Waals surface area contributed by atoms with E-state index in [-0.39, 0.29) is 4.90 Å². The van der Waals surface area contributed by atoms with E-state index in [1.807, 2.05) is 18.2 Å². The lowest BCUT2D eigenvalue weighted by Gasteiger charge is -2.33. The third-order valence-electron chi connectivity index (χ3n) is 5.16. The first-order valence-corrected chi connectivity index (χ1v) is 11.4. The maximum atomic E-state index is 13.1. The van der Waals surface area contributed by atoms with Crippen LogP contribution in [0.25, 0.3) is 6.08 Å². The molecule has 2 heterocycles. The van der Waals surface area contributed by atoms with Gasteiger partial charge in [0, 0.05) is 45.2 Å². The van der Waals surface area contributed by atoms with E-state index in [9.17, 15) is 8.42 Å². The summed E-state index contributed by atoms with van der Waals surface area (Å²) in [4.78, 5) is 2.53. The SMILES string of the molecule is O=S(=O)(c1ccc2c(c1)OCCCO2)N1CCN(C/C=C/c2ccccc2)CC1. The Labute approximate surface area is 172 Å². The zero-order valence-electron chi connectivity index (χ0n) is 16.4. The molecule has 0 atom stereocenters. The van der Waals surface area contributed by atoms with Crippen molar-refractivity contribution in [2.24, 2.45) is 0 Å². The number of sulfonamides is 1. The quantitative estimate of drug-likeness (QED) is 0.753. The molecule has 0 unspecified atom stereocenters. The first-order valence-electron chi connectivity index (χ1n) is 9.97. The molecule has 0 saturated carbocycles. The lowest BCUT2D eigenvalue weighted by atomic mass is 10.2. The van der Waals surface area contributed by atoms with Gasteiger partial charge in [0.25, 0.3) is 0 Å². The van der Waals surface area contributed by atoms with Crippen molar-refractivity contribution in [3.05, 3.63) is 60.2 Å². The van der Waals surface area contributed by atoms with Gasteiger partial charge in [-0.25, -0.2) is 8.42 Å². The van der Waals surface area contributed by atoms with Crippen molar-refractivity contribution in [3.8, 4) is 11.5 Å². The Morgan fingerprint density at radius 1 is 0.897 bits per heavy atom. The molecule has 0 bridgehead atoms. The Balaban J connectivity index is 1.36. The van der Waals surface area contributed by atoms with Crippen LogP contribution in [0.15, 0.2) is 59.5 Å². The average molecular weight is 415 g/mol. The van der Waals surface area contributed by atoms with Crippen LogP contribution in [0.5, 0.6) is 11.5 Å². The van der Waals surface area contributed by atoms with Crippen molar-refractivity contribution in [2.75, 3.05) is 45.9 Å². The topological polar surface area (TPSA) is 59.1 Å². The van der Waals surface area contributed by atoms with Crippen LogP contribution in [0, 0.1) is 0 Å². The number of hydrogen-bond donors (Lipinski definition) is 0. The summed E-state index contributed by atoms with van der Waals surface area (Å²) in [6.07, 6.45) is 5.02. The van der Waals surface area contributed by atoms with Gasteiger partial charge in [0.2, 0.25) is 10.0 Å². The van der Waals surface area contributed by atoms with Crippen molar-refractivity contribution in [1.29, 1.82) is 0 Å². The second-order valence-corrected chi connectivity index (χ2v) is 9.11. The molecule has 2 aromatic rings. The highest BCUT2D eigenvalue weighted by Crippen LogP contribution is 2.33. The summed E-state index contributed by atoms with van der Waals surface area (Å²) in [5.74, 6) is 1.12. The van der Waals surface area contributed by atoms with Crippen molar-refractivity contribution in [2.45, 2.75) is 11.3 Å². The van der Waals surface area contributed by atoms with Gasteiger partial charge in [0.1, 0.15) is 0 Å². The molecule has 29 heavy (non-hydrogen) atoms. The highest BCUT2D eigenvalue weighted by molar-refractivity contribution is 7.89. The number of hydrogen-bond acceptors (Lipinski definition) is 5. The van der Waals surface area contributed by atoms with Crippen molar-refractivity contribution in [1.82, 2.24) is 9.21 Å². The van der Waals surface area contributed by atoms with E-state index in [2.05, 4.69) is 29.2 Å². The van der Waals surface area contributed by atoms with Crippen LogP contribution in [0.4, 0.5) is 0 Å². The average Bonchev–Trinajstić information content (AvgIpc) is 3.00. The molecule has 0 aliphatic carbocycles. The van der Waals surface area contributed by atoms with Gasteiger partial charge in [-0.15, -0.1) is 0 Å². The Kier molecular flexibility index (Phi) is 6.18. The molecule has 0 amide bonds. The molecule has 1 fully saturated rings. The maximum Gasteiger partial charge on any atom is 0.243 e. The molecule has 4 rings (SSSR count). The zero-order chi connectivity index (χ0) is 20.1. The van der Waals surface area contributed by atoms with Crippen molar-refractivity contribution < 1.29 is 17.9 Å². The fourth-order valence-electron chi connectivity index (χ4n) is 3.51. The van der Waals surface area contributed by atoms with E-state index in [1.165, 1.54) is 5.56 Å². The van der Waals surface area contributed by atoms with E-state index < -0.39 is 10.0 Å². The van der Waals surface area contributed by atoms with Gasteiger partial charge in [-0.1, -0.05) is 42.5 Å². The summed E-state index contributed by atoms with van der Waals surface area (Å²) in [5.41, 5.74) is 1.17. The molecule has 6 nitrogen and oxygen atoms in total. The predicted octanol–water partition coefficient (Wildman–Crippen LogP) is 2.87. The number of benzene rings is 2. The number of ether oxygens (including phenoxy) is 2. The minimum Gasteiger partial charge on any atom is -0.490 e. The summed E-state index contributed by atoms with van der Waals surface area (Å²) in [7, 11) is -3.54. The van der Waals surface area contributed by atoms with Crippen LogP contribution in [0.1, 0.15) is 12.0 Å². The number of fused-ring (bicyclic) bond motifs is 1. The Bertz CT molecular complexity index is 952. The molecule has 2 aliphatic rings. The van der Waals surface area contributed by atoms with Crippen LogP contribution >= 0.6 is 0 Å². The lowest BCUT2D eigenvalue weighted by Crippen LogP contribution is -2.48. The van der Waals surface area contributed by atoms with Gasteiger partial charge < -0.3 is 9.47 Å². The third-order valence-corrected chi connectivity index (χ3v) is 7.06. The molecule has 7 heteroatoms. The minimum absolute atomic E-state index is 0.263. The van der Waals surface area contributed by atoms with Crippen LogP contribution < -0.4 is 9.47 Å². The number of nitrogens with zero attached hydrogens (tertiary/aromatic N) is 2. The molecule has 0 aromatic heterocycles. The first kappa shape index (κ1) is 19.9. The molecular weight excluding hydrogens is 388 g/mol. The van der Waals surface area contributed by atoms with E-state index in [1.54, 1.807) is 22.5 Å². The number of piperazine rings is 1. The minimum atomic E-state index is -3.54. The maximum absolute atomic E-state index is 13.1. The van der Waals surface area contributed by atoms with Gasteiger partial charge in [-0.2, -0.15) is 4.31 Å². The van der Waals surface area contributed by atoms with Crippen LogP contribution in [-0.4, -0.2) is 63.6 Å². The van der Waals surface area contributed by atoms with E-state index in [0.717, 1.165) is 13.0 Å². The molecule has 154 valence electrons. The van der Waals surface area contributed by atoms with E-state index in [0.29, 0.717) is 50.9 Å². The fraction of sp³-hybridized carbons (Fsp3) is 0.364. The van der Waals surface area contributed by atoms with Crippen LogP contribution in [0.2, 0.25) is 0 Å². The molecule has 0 N–H and O–H groups in total. The van der Waals surface area contributed by atoms with E-state index >= 15 is 0 Å². The van der Waals surface area contributed by atoms with Crippen LogP contribution in [-0.2, 0) is 10.0 Å². The normalized spacial score (nSPS) is 18.6. The third kappa shape index (κ3) is 4.80. The van der Waals surface area contributed by atoms with Gasteiger partial charge in [-0.3, -0.25) is 4.90 Å². The molecular formula is C22H26N2O4S. The lowest BCUT2D eigenvalue weighted by molar-refractivity contribution is 0.204. The highest BCUT2D eigenvalue weighted by atomic mass is 32.2. The number of rotatable bonds is 5. The summed E-state index contributed by atoms with van der Waals surface area (Å²) in [6, 6.07) is 15.1.